The number of fused-ring (bicyclic) bond motifs is 1. The smallest absolute Gasteiger partial charge is 0.0641 e. The summed E-state index contributed by atoms with van der Waals surface area (Å²) >= 11 is 0. The summed E-state index contributed by atoms with van der Waals surface area (Å²) in [5.74, 6) is 1.41. The molecule has 3 unspecified atom stereocenters. The van der Waals surface area contributed by atoms with E-state index in [1.54, 1.807) is 0 Å². The molecule has 0 aromatic heterocycles. The zero-order valence-corrected chi connectivity index (χ0v) is 14.1. The molecule has 0 aromatic carbocycles. The van der Waals surface area contributed by atoms with E-state index in [1.165, 1.54) is 42.4 Å². The zero-order valence-electron chi connectivity index (χ0n) is 14.1. The van der Waals surface area contributed by atoms with Gasteiger partial charge in [0.1, 0.15) is 0 Å². The molecule has 2 aliphatic rings. The molecule has 0 amide bonds. The molecule has 0 heterocycles. The van der Waals surface area contributed by atoms with Crippen molar-refractivity contribution in [3.63, 3.8) is 0 Å². The molecular formula is C20H32O. The van der Waals surface area contributed by atoms with Crippen molar-refractivity contribution in [2.45, 2.75) is 65.7 Å². The molecule has 118 valence electrons. The minimum Gasteiger partial charge on any atom is -0.392 e. The van der Waals surface area contributed by atoms with Gasteiger partial charge < -0.3 is 5.11 Å². The normalized spacial score (nSPS) is 34.5. The highest BCUT2D eigenvalue weighted by Crippen LogP contribution is 2.54. The van der Waals surface area contributed by atoms with Crippen molar-refractivity contribution in [3.8, 4) is 0 Å². The van der Waals surface area contributed by atoms with Gasteiger partial charge in [-0.2, -0.15) is 0 Å². The second-order valence-corrected chi connectivity index (χ2v) is 7.60. The molecule has 2 rings (SSSR count). The molecule has 0 aliphatic heterocycles. The lowest BCUT2D eigenvalue weighted by atomic mass is 9.70. The Morgan fingerprint density at radius 2 is 2.10 bits per heavy atom. The first kappa shape index (κ1) is 16.5. The molecule has 0 saturated heterocycles. The fourth-order valence-corrected chi connectivity index (χ4v) is 4.33. The first-order valence-corrected chi connectivity index (χ1v) is 8.56. The summed E-state index contributed by atoms with van der Waals surface area (Å²) in [6.07, 6.45) is 13.0. The molecule has 1 heteroatoms. The first-order chi connectivity index (χ1) is 9.96. The van der Waals surface area contributed by atoms with Crippen LogP contribution >= 0.6 is 0 Å². The van der Waals surface area contributed by atoms with Gasteiger partial charge in [-0.25, -0.2) is 0 Å². The average molecular weight is 288 g/mol. The molecule has 1 saturated carbocycles. The lowest BCUT2D eigenvalue weighted by Gasteiger charge is -2.34. The largest absolute Gasteiger partial charge is 0.392 e. The Bertz CT molecular complexity index is 443. The quantitative estimate of drug-likeness (QED) is 0.672. The lowest BCUT2D eigenvalue weighted by Crippen LogP contribution is -2.26. The Labute approximate surface area is 130 Å². The van der Waals surface area contributed by atoms with E-state index in [0.717, 1.165) is 25.2 Å². The van der Waals surface area contributed by atoms with Gasteiger partial charge in [0.05, 0.1) is 6.61 Å². The van der Waals surface area contributed by atoms with Crippen molar-refractivity contribution in [1.82, 2.24) is 0 Å². The van der Waals surface area contributed by atoms with Crippen molar-refractivity contribution >= 4 is 0 Å². The van der Waals surface area contributed by atoms with E-state index in [1.807, 2.05) is 0 Å². The maximum absolute atomic E-state index is 9.57. The van der Waals surface area contributed by atoms with Crippen LogP contribution < -0.4 is 0 Å². The van der Waals surface area contributed by atoms with Crippen LogP contribution in [-0.4, -0.2) is 11.7 Å². The van der Waals surface area contributed by atoms with Crippen LogP contribution in [0.25, 0.3) is 0 Å². The first-order valence-electron chi connectivity index (χ1n) is 8.56. The van der Waals surface area contributed by atoms with Crippen molar-refractivity contribution in [1.29, 1.82) is 0 Å². The predicted octanol–water partition coefficient (Wildman–Crippen LogP) is 5.42. The van der Waals surface area contributed by atoms with Crippen LogP contribution in [0.15, 0.2) is 35.5 Å². The van der Waals surface area contributed by atoms with Gasteiger partial charge >= 0.3 is 0 Å². The summed E-state index contributed by atoms with van der Waals surface area (Å²) in [6, 6.07) is 0. The second kappa shape index (κ2) is 6.96. The van der Waals surface area contributed by atoms with Crippen LogP contribution in [0, 0.1) is 17.3 Å². The number of rotatable bonds is 2. The fourth-order valence-electron chi connectivity index (χ4n) is 4.33. The Hall–Kier alpha value is -0.820. The van der Waals surface area contributed by atoms with Crippen LogP contribution in [-0.2, 0) is 0 Å². The number of hydrogen-bond donors (Lipinski definition) is 1. The van der Waals surface area contributed by atoms with Gasteiger partial charge in [0.25, 0.3) is 0 Å². The minimum absolute atomic E-state index is 0.230. The van der Waals surface area contributed by atoms with Crippen molar-refractivity contribution < 1.29 is 5.11 Å². The van der Waals surface area contributed by atoms with Gasteiger partial charge in [-0.3, -0.25) is 0 Å². The third-order valence-corrected chi connectivity index (χ3v) is 5.95. The van der Waals surface area contributed by atoms with Gasteiger partial charge in [-0.15, -0.1) is 0 Å². The Kier molecular flexibility index (Phi) is 5.48. The van der Waals surface area contributed by atoms with Crippen molar-refractivity contribution in [2.24, 2.45) is 17.3 Å². The van der Waals surface area contributed by atoms with E-state index < -0.39 is 0 Å². The molecule has 0 spiro atoms. The average Bonchev–Trinajstić information content (AvgIpc) is 2.76. The van der Waals surface area contributed by atoms with Gasteiger partial charge in [0, 0.05) is 0 Å². The number of aliphatic hydroxyl groups is 1. The van der Waals surface area contributed by atoms with E-state index in [0.29, 0.717) is 11.3 Å². The van der Waals surface area contributed by atoms with E-state index in [9.17, 15) is 5.11 Å². The molecule has 0 aromatic rings. The van der Waals surface area contributed by atoms with Crippen LogP contribution in [0.2, 0.25) is 0 Å². The summed E-state index contributed by atoms with van der Waals surface area (Å²) in [5.41, 5.74) is 4.50. The topological polar surface area (TPSA) is 20.2 Å². The van der Waals surface area contributed by atoms with Gasteiger partial charge in [-0.05, 0) is 81.6 Å². The molecule has 1 nitrogen and oxygen atoms in total. The molecule has 3 atom stereocenters. The van der Waals surface area contributed by atoms with Gasteiger partial charge in [-0.1, -0.05) is 36.8 Å². The van der Waals surface area contributed by atoms with Crippen LogP contribution in [0.5, 0.6) is 0 Å². The van der Waals surface area contributed by atoms with Gasteiger partial charge in [0.15, 0.2) is 0 Å². The molecule has 1 N–H and O–H groups in total. The Morgan fingerprint density at radius 1 is 1.33 bits per heavy atom. The summed E-state index contributed by atoms with van der Waals surface area (Å²) in [4.78, 5) is 0. The number of allylic oxidation sites excluding steroid dienone is 4. The highest BCUT2D eigenvalue weighted by atomic mass is 16.3. The molecule has 0 radical (unpaired) electrons. The SMILES string of the molecule is C=C(C)C1CCC2(C)CCC(CO)=CCCC(C)=CCC12. The highest BCUT2D eigenvalue weighted by Gasteiger charge is 2.44. The van der Waals surface area contributed by atoms with E-state index >= 15 is 0 Å². The maximum Gasteiger partial charge on any atom is 0.0641 e. The summed E-state index contributed by atoms with van der Waals surface area (Å²) < 4.78 is 0. The maximum atomic E-state index is 9.57. The van der Waals surface area contributed by atoms with E-state index in [4.69, 9.17) is 0 Å². The molecule has 2 aliphatic carbocycles. The molecule has 1 fully saturated rings. The van der Waals surface area contributed by atoms with Crippen LogP contribution in [0.1, 0.15) is 65.7 Å². The summed E-state index contributed by atoms with van der Waals surface area (Å²) in [6.45, 7) is 11.4. The third-order valence-electron chi connectivity index (χ3n) is 5.95. The standard InChI is InChI=1S/C20H32O/c1-15(2)18-11-13-20(4)12-10-17(14-21)7-5-6-16(3)8-9-19(18)20/h7-8,18-19,21H,1,5-6,9-14H2,2-4H3. The minimum atomic E-state index is 0.230. The van der Waals surface area contributed by atoms with Crippen LogP contribution in [0.4, 0.5) is 0 Å². The Balaban J connectivity index is 2.26. The second-order valence-electron chi connectivity index (χ2n) is 7.60. The van der Waals surface area contributed by atoms with Crippen LogP contribution in [0.3, 0.4) is 0 Å². The van der Waals surface area contributed by atoms with Gasteiger partial charge in [0.2, 0.25) is 0 Å². The molecular weight excluding hydrogens is 256 g/mol. The Morgan fingerprint density at radius 3 is 2.76 bits per heavy atom. The summed E-state index contributed by atoms with van der Waals surface area (Å²) in [7, 11) is 0. The number of hydrogen-bond acceptors (Lipinski definition) is 1. The van der Waals surface area contributed by atoms with Crippen molar-refractivity contribution in [3.05, 3.63) is 35.5 Å². The molecule has 0 bridgehead atoms. The number of aliphatic hydroxyl groups excluding tert-OH is 1. The third kappa shape index (κ3) is 3.88. The highest BCUT2D eigenvalue weighted by molar-refractivity contribution is 5.13. The monoisotopic (exact) mass is 288 g/mol. The zero-order chi connectivity index (χ0) is 15.5. The predicted molar refractivity (Wildman–Crippen MR) is 91.1 cm³/mol. The lowest BCUT2D eigenvalue weighted by molar-refractivity contribution is 0.187. The fraction of sp³-hybridized carbons (Fsp3) is 0.700. The van der Waals surface area contributed by atoms with E-state index in [-0.39, 0.29) is 6.61 Å². The van der Waals surface area contributed by atoms with E-state index in [2.05, 4.69) is 39.5 Å². The molecule has 21 heavy (non-hydrogen) atoms. The summed E-state index contributed by atoms with van der Waals surface area (Å²) in [5, 5.41) is 9.57. The van der Waals surface area contributed by atoms with Crippen molar-refractivity contribution in [2.75, 3.05) is 6.61 Å².